The summed E-state index contributed by atoms with van der Waals surface area (Å²) in [6.45, 7) is 2.22. The second-order valence-corrected chi connectivity index (χ2v) is 9.88. The Labute approximate surface area is 223 Å². The molecule has 1 aromatic heterocycles. The molecular weight excluding hydrogens is 506 g/mol. The van der Waals surface area contributed by atoms with Crippen molar-refractivity contribution in [1.29, 1.82) is 0 Å². The number of anilines is 1. The minimum absolute atomic E-state index is 0.188. The first kappa shape index (κ1) is 24.7. The van der Waals surface area contributed by atoms with Crippen molar-refractivity contribution in [2.75, 3.05) is 18.0 Å². The molecule has 37 heavy (non-hydrogen) atoms. The van der Waals surface area contributed by atoms with Crippen LogP contribution < -0.4 is 4.90 Å². The summed E-state index contributed by atoms with van der Waals surface area (Å²) in [5, 5.41) is 37.5. The Hall–Kier alpha value is -3.95. The molecule has 8 nitrogen and oxygen atoms in total. The number of aromatic hydroxyl groups is 1. The van der Waals surface area contributed by atoms with Crippen molar-refractivity contribution < 1.29 is 5.11 Å². The third kappa shape index (κ3) is 6.84. The van der Waals surface area contributed by atoms with Crippen LogP contribution in [-0.4, -0.2) is 18.2 Å². The van der Waals surface area contributed by atoms with Crippen molar-refractivity contribution in [2.45, 2.75) is 19.3 Å². The number of piperidine rings is 1. The predicted octanol–water partition coefficient (Wildman–Crippen LogP) is 10.3. The minimum atomic E-state index is 0.188. The van der Waals surface area contributed by atoms with E-state index in [4.69, 9.17) is 11.6 Å². The number of thiophene rings is 1. The van der Waals surface area contributed by atoms with E-state index in [1.807, 2.05) is 12.1 Å². The first-order valence-electron chi connectivity index (χ1n) is 11.9. The van der Waals surface area contributed by atoms with Gasteiger partial charge in [0.1, 0.15) is 16.4 Å². The minimum Gasteiger partial charge on any atom is -0.508 e. The van der Waals surface area contributed by atoms with E-state index in [0.717, 1.165) is 18.1 Å². The van der Waals surface area contributed by atoms with Gasteiger partial charge in [-0.1, -0.05) is 22.9 Å². The molecule has 1 N–H and O–H groups in total. The van der Waals surface area contributed by atoms with Gasteiger partial charge in [0, 0.05) is 13.1 Å². The fourth-order valence-electron chi connectivity index (χ4n) is 3.73. The molecule has 0 unspecified atom stereocenters. The number of hydrogen-bond donors (Lipinski definition) is 1. The third-order valence-electron chi connectivity index (χ3n) is 5.69. The number of hydrogen-bond acceptors (Lipinski definition) is 9. The summed E-state index contributed by atoms with van der Waals surface area (Å²) in [6, 6.07) is 23.1. The summed E-state index contributed by atoms with van der Waals surface area (Å²) in [6.07, 6.45) is 3.81. The summed E-state index contributed by atoms with van der Waals surface area (Å²) < 4.78 is 0. The molecule has 0 saturated carbocycles. The van der Waals surface area contributed by atoms with Gasteiger partial charge in [0.05, 0.1) is 32.8 Å². The average Bonchev–Trinajstić information content (AvgIpc) is 3.41. The Morgan fingerprint density at radius 1 is 0.622 bits per heavy atom. The summed E-state index contributed by atoms with van der Waals surface area (Å²) in [4.78, 5) is 2.42. The molecule has 1 fully saturated rings. The van der Waals surface area contributed by atoms with Crippen LogP contribution >= 0.6 is 22.9 Å². The van der Waals surface area contributed by atoms with Gasteiger partial charge in [0.15, 0.2) is 0 Å². The van der Waals surface area contributed by atoms with Crippen LogP contribution in [0.5, 0.6) is 5.75 Å². The molecule has 1 aliphatic heterocycles. The molecule has 10 heteroatoms. The van der Waals surface area contributed by atoms with Crippen molar-refractivity contribution in [3.63, 3.8) is 0 Å². The van der Waals surface area contributed by atoms with Gasteiger partial charge in [-0.3, -0.25) is 0 Å². The SMILES string of the molecule is Oc1ccc(N=Nc2ccc(N=Nc3ccc(N=Nc4ccc(N5CCCCC5)s4)cc3Cl)cc2)cc1. The molecule has 0 bridgehead atoms. The van der Waals surface area contributed by atoms with Gasteiger partial charge >= 0.3 is 0 Å². The summed E-state index contributed by atoms with van der Waals surface area (Å²) >= 11 is 8.07. The van der Waals surface area contributed by atoms with Gasteiger partial charge < -0.3 is 10.0 Å². The standard InChI is InChI=1S/C27H24ClN7OS/c28-24-18-22(32-34-26-14-15-27(37-26)35-16-2-1-3-17-35)10-13-25(24)33-31-20-6-4-19(5-7-20)29-30-21-8-11-23(36)12-9-21/h4-15,18,36H,1-3,16-17H2. The van der Waals surface area contributed by atoms with E-state index in [0.29, 0.717) is 33.5 Å². The first-order valence-corrected chi connectivity index (χ1v) is 13.1. The van der Waals surface area contributed by atoms with Crippen LogP contribution in [0.4, 0.5) is 38.4 Å². The van der Waals surface area contributed by atoms with Crippen LogP contribution in [0.15, 0.2) is 110 Å². The lowest BCUT2D eigenvalue weighted by Crippen LogP contribution is -2.28. The highest BCUT2D eigenvalue weighted by Crippen LogP contribution is 2.36. The molecule has 186 valence electrons. The maximum atomic E-state index is 9.33. The third-order valence-corrected chi connectivity index (χ3v) is 7.03. The fourth-order valence-corrected chi connectivity index (χ4v) is 4.83. The Kier molecular flexibility index (Phi) is 7.93. The van der Waals surface area contributed by atoms with Crippen molar-refractivity contribution >= 4 is 61.4 Å². The maximum absolute atomic E-state index is 9.33. The number of phenols is 1. The average molecular weight is 530 g/mol. The molecule has 0 amide bonds. The molecule has 3 aromatic carbocycles. The highest BCUT2D eigenvalue weighted by Gasteiger charge is 2.12. The number of benzene rings is 3. The number of rotatable bonds is 7. The predicted molar refractivity (Wildman–Crippen MR) is 149 cm³/mol. The van der Waals surface area contributed by atoms with Crippen LogP contribution in [-0.2, 0) is 0 Å². The van der Waals surface area contributed by atoms with Gasteiger partial charge in [-0.25, -0.2) is 0 Å². The van der Waals surface area contributed by atoms with Crippen LogP contribution in [0.25, 0.3) is 0 Å². The molecule has 2 heterocycles. The number of nitrogens with zero attached hydrogens (tertiary/aromatic N) is 7. The second kappa shape index (κ2) is 11.9. The van der Waals surface area contributed by atoms with Crippen LogP contribution in [0.3, 0.4) is 0 Å². The highest BCUT2D eigenvalue weighted by molar-refractivity contribution is 7.19. The van der Waals surface area contributed by atoms with Gasteiger partial charge in [0.2, 0.25) is 0 Å². The summed E-state index contributed by atoms with van der Waals surface area (Å²) in [5.41, 5.74) is 3.18. The lowest BCUT2D eigenvalue weighted by Gasteiger charge is -2.26. The van der Waals surface area contributed by atoms with E-state index in [-0.39, 0.29) is 5.75 Å². The molecule has 0 atom stereocenters. The van der Waals surface area contributed by atoms with Crippen molar-refractivity contribution in [3.8, 4) is 5.75 Å². The number of halogens is 1. The zero-order valence-electron chi connectivity index (χ0n) is 19.9. The van der Waals surface area contributed by atoms with Crippen LogP contribution in [0.1, 0.15) is 19.3 Å². The van der Waals surface area contributed by atoms with Crippen molar-refractivity contribution in [2.24, 2.45) is 30.7 Å². The lowest BCUT2D eigenvalue weighted by molar-refractivity contribution is 0.475. The molecule has 5 rings (SSSR count). The van der Waals surface area contributed by atoms with Crippen LogP contribution in [0, 0.1) is 0 Å². The normalized spacial score (nSPS) is 14.4. The zero-order chi connectivity index (χ0) is 25.5. The molecule has 0 aliphatic carbocycles. The van der Waals surface area contributed by atoms with Crippen molar-refractivity contribution in [3.05, 3.63) is 83.9 Å². The first-order chi connectivity index (χ1) is 18.1. The van der Waals surface area contributed by atoms with E-state index in [1.165, 1.54) is 24.3 Å². The molecular formula is C27H24ClN7OS. The Bertz CT molecular complexity index is 1430. The largest absolute Gasteiger partial charge is 0.508 e. The van der Waals surface area contributed by atoms with E-state index in [2.05, 4.69) is 41.7 Å². The monoisotopic (exact) mass is 529 g/mol. The lowest BCUT2D eigenvalue weighted by atomic mass is 10.1. The van der Waals surface area contributed by atoms with E-state index in [9.17, 15) is 5.11 Å². The Balaban J connectivity index is 1.19. The number of azo groups is 3. The highest BCUT2D eigenvalue weighted by atomic mass is 35.5. The molecule has 1 saturated heterocycles. The molecule has 4 aromatic rings. The van der Waals surface area contributed by atoms with E-state index in [1.54, 1.807) is 72.0 Å². The smallest absolute Gasteiger partial charge is 0.140 e. The topological polar surface area (TPSA) is 97.6 Å². The Morgan fingerprint density at radius 2 is 1.19 bits per heavy atom. The van der Waals surface area contributed by atoms with Crippen molar-refractivity contribution in [1.82, 2.24) is 0 Å². The Morgan fingerprint density at radius 3 is 1.84 bits per heavy atom. The summed E-state index contributed by atoms with van der Waals surface area (Å²) in [5.74, 6) is 0.188. The van der Waals surface area contributed by atoms with Gasteiger partial charge in [0.25, 0.3) is 0 Å². The fraction of sp³-hybridized carbons (Fsp3) is 0.185. The quantitative estimate of drug-likeness (QED) is 0.241. The summed E-state index contributed by atoms with van der Waals surface area (Å²) in [7, 11) is 0. The van der Waals surface area contributed by atoms with E-state index >= 15 is 0 Å². The molecule has 1 aliphatic rings. The van der Waals surface area contributed by atoms with Crippen LogP contribution in [0.2, 0.25) is 5.02 Å². The van der Waals surface area contributed by atoms with E-state index < -0.39 is 0 Å². The van der Waals surface area contributed by atoms with Gasteiger partial charge in [-0.15, -0.1) is 15.3 Å². The molecule has 0 radical (unpaired) electrons. The second-order valence-electron chi connectivity index (χ2n) is 8.43. The zero-order valence-corrected chi connectivity index (χ0v) is 21.5. The van der Waals surface area contributed by atoms with Gasteiger partial charge in [-0.2, -0.15) is 15.3 Å². The maximum Gasteiger partial charge on any atom is 0.140 e. The molecule has 0 spiro atoms. The van der Waals surface area contributed by atoms with Gasteiger partial charge in [-0.05, 0) is 98.1 Å². The number of phenolic OH excluding ortho intramolecular Hbond substituents is 1.